The number of ether oxygens (including phenoxy) is 1. The van der Waals surface area contributed by atoms with E-state index in [2.05, 4.69) is 6.92 Å². The molecule has 2 atom stereocenters. The standard InChI is InChI=1S/C25H40O5/c1-2-3-11-19-23(30-25(29)21-16-12-10-13-17-21)22(26)18-14-8-6-4-5-7-9-15-20-24(27)28/h10,12-13,16-17,22-23,26H,2-9,11,14-15,18-20H2,1H3,(H,27,28)/p-1. The highest BCUT2D eigenvalue weighted by Gasteiger charge is 2.23. The quantitative estimate of drug-likeness (QED) is 0.273. The van der Waals surface area contributed by atoms with E-state index in [1.807, 2.05) is 18.2 Å². The van der Waals surface area contributed by atoms with E-state index < -0.39 is 18.2 Å². The molecule has 0 radical (unpaired) electrons. The first-order valence-electron chi connectivity index (χ1n) is 11.7. The highest BCUT2D eigenvalue weighted by Crippen LogP contribution is 2.18. The summed E-state index contributed by atoms with van der Waals surface area (Å²) in [7, 11) is 0. The first-order valence-corrected chi connectivity index (χ1v) is 11.7. The van der Waals surface area contributed by atoms with Crippen LogP contribution in [0, 0.1) is 0 Å². The van der Waals surface area contributed by atoms with Gasteiger partial charge in [-0.25, -0.2) is 4.79 Å². The number of rotatable bonds is 18. The SMILES string of the molecule is CCCCCC(OC(=O)c1ccccc1)C(O)CCCCCCCCCCC(=O)[O-]. The molecular formula is C25H39O5-. The molecule has 5 nitrogen and oxygen atoms in total. The van der Waals surface area contributed by atoms with Crippen LogP contribution in [-0.4, -0.2) is 29.3 Å². The molecule has 0 aromatic heterocycles. The van der Waals surface area contributed by atoms with Gasteiger partial charge in [0.15, 0.2) is 0 Å². The van der Waals surface area contributed by atoms with Crippen molar-refractivity contribution < 1.29 is 24.5 Å². The van der Waals surface area contributed by atoms with Gasteiger partial charge in [0, 0.05) is 5.97 Å². The predicted octanol–water partition coefficient (Wildman–Crippen LogP) is 4.80. The Balaban J connectivity index is 2.26. The normalized spacial score (nSPS) is 13.0. The van der Waals surface area contributed by atoms with Gasteiger partial charge in [0.25, 0.3) is 0 Å². The Morgan fingerprint density at radius 2 is 1.43 bits per heavy atom. The molecule has 2 unspecified atom stereocenters. The van der Waals surface area contributed by atoms with E-state index in [-0.39, 0.29) is 12.4 Å². The number of esters is 1. The molecule has 5 heteroatoms. The number of carboxylic acid groups (broad SMARTS) is 1. The fourth-order valence-electron chi connectivity index (χ4n) is 3.57. The Kier molecular flexibility index (Phi) is 14.7. The third-order valence-electron chi connectivity index (χ3n) is 5.42. The summed E-state index contributed by atoms with van der Waals surface area (Å²) in [5.74, 6) is -1.33. The maximum absolute atomic E-state index is 12.4. The molecule has 1 aromatic rings. The molecule has 0 heterocycles. The molecule has 1 rings (SSSR count). The topological polar surface area (TPSA) is 86.7 Å². The van der Waals surface area contributed by atoms with E-state index >= 15 is 0 Å². The Labute approximate surface area is 181 Å². The lowest BCUT2D eigenvalue weighted by molar-refractivity contribution is -0.305. The molecule has 0 aliphatic heterocycles. The largest absolute Gasteiger partial charge is 0.550 e. The van der Waals surface area contributed by atoms with Gasteiger partial charge in [-0.15, -0.1) is 0 Å². The van der Waals surface area contributed by atoms with Gasteiger partial charge in [-0.2, -0.15) is 0 Å². The average molecular weight is 420 g/mol. The molecule has 170 valence electrons. The van der Waals surface area contributed by atoms with Gasteiger partial charge >= 0.3 is 5.97 Å². The molecule has 0 bridgehead atoms. The lowest BCUT2D eigenvalue weighted by atomic mass is 9.99. The third kappa shape index (κ3) is 12.6. The summed E-state index contributed by atoms with van der Waals surface area (Å²) in [6, 6.07) is 8.94. The minimum Gasteiger partial charge on any atom is -0.550 e. The predicted molar refractivity (Wildman–Crippen MR) is 117 cm³/mol. The molecule has 1 N–H and O–H groups in total. The number of benzene rings is 1. The third-order valence-corrected chi connectivity index (χ3v) is 5.42. The van der Waals surface area contributed by atoms with E-state index in [1.54, 1.807) is 12.1 Å². The highest BCUT2D eigenvalue weighted by molar-refractivity contribution is 5.89. The Morgan fingerprint density at radius 3 is 2.03 bits per heavy atom. The number of aliphatic hydroxyl groups is 1. The fraction of sp³-hybridized carbons (Fsp3) is 0.680. The second-order valence-electron chi connectivity index (χ2n) is 8.11. The van der Waals surface area contributed by atoms with Gasteiger partial charge in [-0.1, -0.05) is 82.9 Å². The number of carboxylic acids is 1. The van der Waals surface area contributed by atoms with Crippen molar-refractivity contribution in [2.75, 3.05) is 0 Å². The summed E-state index contributed by atoms with van der Waals surface area (Å²) in [5, 5.41) is 21.0. The molecular weight excluding hydrogens is 380 g/mol. The van der Waals surface area contributed by atoms with Crippen LogP contribution in [0.3, 0.4) is 0 Å². The number of aliphatic hydroxyl groups excluding tert-OH is 1. The van der Waals surface area contributed by atoms with Crippen LogP contribution < -0.4 is 5.11 Å². The van der Waals surface area contributed by atoms with Crippen molar-refractivity contribution in [1.82, 2.24) is 0 Å². The summed E-state index contributed by atoms with van der Waals surface area (Å²) in [6.45, 7) is 2.13. The van der Waals surface area contributed by atoms with Crippen LogP contribution in [0.25, 0.3) is 0 Å². The number of carbonyl (C=O) groups excluding carboxylic acids is 2. The van der Waals surface area contributed by atoms with Gasteiger partial charge in [-0.05, 0) is 44.2 Å². The first-order chi connectivity index (χ1) is 14.5. The Morgan fingerprint density at radius 1 is 0.867 bits per heavy atom. The molecule has 0 saturated heterocycles. The lowest BCUT2D eigenvalue weighted by Crippen LogP contribution is -2.31. The summed E-state index contributed by atoms with van der Waals surface area (Å²) in [4.78, 5) is 22.7. The van der Waals surface area contributed by atoms with Crippen LogP contribution in [0.2, 0.25) is 0 Å². The highest BCUT2D eigenvalue weighted by atomic mass is 16.6. The van der Waals surface area contributed by atoms with Crippen molar-refractivity contribution in [1.29, 1.82) is 0 Å². The average Bonchev–Trinajstić information content (AvgIpc) is 2.74. The molecule has 0 saturated carbocycles. The number of aliphatic carboxylic acids is 1. The Bertz CT molecular complexity index is 572. The molecule has 30 heavy (non-hydrogen) atoms. The van der Waals surface area contributed by atoms with Gasteiger partial charge in [0.05, 0.1) is 11.7 Å². The molecule has 0 spiro atoms. The van der Waals surface area contributed by atoms with E-state index in [4.69, 9.17) is 4.74 Å². The molecule has 0 fully saturated rings. The zero-order valence-electron chi connectivity index (χ0n) is 18.5. The summed E-state index contributed by atoms with van der Waals surface area (Å²) in [5.41, 5.74) is 0.518. The first kappa shape index (κ1) is 26.2. The minimum atomic E-state index is -0.962. The summed E-state index contributed by atoms with van der Waals surface area (Å²) >= 11 is 0. The zero-order chi connectivity index (χ0) is 22.0. The second kappa shape index (κ2) is 16.9. The van der Waals surface area contributed by atoms with Gasteiger partial charge in [-0.3, -0.25) is 0 Å². The van der Waals surface area contributed by atoms with Crippen molar-refractivity contribution in [3.63, 3.8) is 0 Å². The molecule has 0 aliphatic carbocycles. The van der Waals surface area contributed by atoms with Crippen LogP contribution >= 0.6 is 0 Å². The van der Waals surface area contributed by atoms with Crippen molar-refractivity contribution >= 4 is 11.9 Å². The van der Waals surface area contributed by atoms with E-state index in [0.29, 0.717) is 24.8 Å². The van der Waals surface area contributed by atoms with Gasteiger partial charge in [0.1, 0.15) is 6.10 Å². The van der Waals surface area contributed by atoms with Crippen molar-refractivity contribution in [2.24, 2.45) is 0 Å². The van der Waals surface area contributed by atoms with E-state index in [9.17, 15) is 19.8 Å². The van der Waals surface area contributed by atoms with Crippen LogP contribution in [-0.2, 0) is 9.53 Å². The van der Waals surface area contributed by atoms with Gasteiger partial charge in [0.2, 0.25) is 0 Å². The number of carbonyl (C=O) groups is 2. The van der Waals surface area contributed by atoms with Crippen LogP contribution in [0.5, 0.6) is 0 Å². The summed E-state index contributed by atoms with van der Waals surface area (Å²) in [6.07, 6.45) is 11.5. The van der Waals surface area contributed by atoms with Crippen molar-refractivity contribution in [3.8, 4) is 0 Å². The zero-order valence-corrected chi connectivity index (χ0v) is 18.5. The minimum absolute atomic E-state index is 0.159. The van der Waals surface area contributed by atoms with Crippen LogP contribution in [0.4, 0.5) is 0 Å². The van der Waals surface area contributed by atoms with Crippen LogP contribution in [0.15, 0.2) is 30.3 Å². The second-order valence-corrected chi connectivity index (χ2v) is 8.11. The maximum atomic E-state index is 12.4. The fourth-order valence-corrected chi connectivity index (χ4v) is 3.57. The lowest BCUT2D eigenvalue weighted by Gasteiger charge is -2.23. The van der Waals surface area contributed by atoms with Gasteiger partial charge < -0.3 is 19.7 Å². The van der Waals surface area contributed by atoms with Crippen molar-refractivity contribution in [2.45, 2.75) is 109 Å². The van der Waals surface area contributed by atoms with E-state index in [0.717, 1.165) is 64.2 Å². The number of unbranched alkanes of at least 4 members (excludes halogenated alkanes) is 9. The Hall–Kier alpha value is -1.88. The van der Waals surface area contributed by atoms with Crippen LogP contribution in [0.1, 0.15) is 107 Å². The van der Waals surface area contributed by atoms with E-state index in [1.165, 1.54) is 0 Å². The maximum Gasteiger partial charge on any atom is 0.338 e. The number of hydrogen-bond donors (Lipinski definition) is 1. The monoisotopic (exact) mass is 419 g/mol. The number of hydrogen-bond acceptors (Lipinski definition) is 5. The molecule has 1 aromatic carbocycles. The van der Waals surface area contributed by atoms with Crippen molar-refractivity contribution in [3.05, 3.63) is 35.9 Å². The smallest absolute Gasteiger partial charge is 0.338 e. The molecule has 0 aliphatic rings. The summed E-state index contributed by atoms with van der Waals surface area (Å²) < 4.78 is 5.66. The molecule has 0 amide bonds.